The van der Waals surface area contributed by atoms with Gasteiger partial charge in [-0.2, -0.15) is 0 Å². The smallest absolute Gasteiger partial charge is 0.127 e. The summed E-state index contributed by atoms with van der Waals surface area (Å²) < 4.78 is 25.7. The van der Waals surface area contributed by atoms with Gasteiger partial charge in [-0.05, 0) is 30.7 Å². The summed E-state index contributed by atoms with van der Waals surface area (Å²) in [5, 5.41) is 0. The van der Waals surface area contributed by atoms with E-state index in [1.54, 1.807) is 30.3 Å². The molecule has 18 heavy (non-hydrogen) atoms. The van der Waals surface area contributed by atoms with E-state index in [0.29, 0.717) is 16.1 Å². The Kier molecular flexibility index (Phi) is 3.77. The largest absolute Gasteiger partial charge is 0.398 e. The summed E-state index contributed by atoms with van der Waals surface area (Å²) in [6, 6.07) is 11.7. The normalized spacial score (nSPS) is 12.3. The van der Waals surface area contributed by atoms with Crippen LogP contribution in [0.25, 0.3) is 0 Å². The van der Waals surface area contributed by atoms with E-state index in [1.807, 2.05) is 13.0 Å². The van der Waals surface area contributed by atoms with Crippen LogP contribution < -0.4 is 5.73 Å². The Hall–Kier alpha value is -1.68. The third-order valence-corrected chi connectivity index (χ3v) is 4.08. The molecule has 2 nitrogen and oxygen atoms in total. The monoisotopic (exact) mass is 263 g/mol. The zero-order chi connectivity index (χ0) is 13.1. The van der Waals surface area contributed by atoms with Gasteiger partial charge in [-0.1, -0.05) is 24.3 Å². The van der Waals surface area contributed by atoms with E-state index in [-0.39, 0.29) is 11.6 Å². The molecule has 0 aliphatic heterocycles. The fraction of sp³-hybridized carbons (Fsp3) is 0.143. The molecule has 0 radical (unpaired) electrons. The van der Waals surface area contributed by atoms with Gasteiger partial charge in [-0.3, -0.25) is 4.21 Å². The third kappa shape index (κ3) is 2.76. The van der Waals surface area contributed by atoms with Gasteiger partial charge in [0.1, 0.15) is 5.82 Å². The van der Waals surface area contributed by atoms with Crippen LogP contribution in [0, 0.1) is 12.7 Å². The first-order valence-corrected chi connectivity index (χ1v) is 6.87. The van der Waals surface area contributed by atoms with Crippen molar-refractivity contribution < 1.29 is 8.60 Å². The van der Waals surface area contributed by atoms with Crippen LogP contribution in [-0.2, 0) is 16.6 Å². The van der Waals surface area contributed by atoms with Gasteiger partial charge in [0.15, 0.2) is 0 Å². The van der Waals surface area contributed by atoms with Crippen LogP contribution in [-0.4, -0.2) is 4.21 Å². The number of nitrogen functional groups attached to an aromatic ring is 1. The second-order valence-electron chi connectivity index (χ2n) is 4.12. The van der Waals surface area contributed by atoms with Crippen molar-refractivity contribution in [3.05, 3.63) is 59.4 Å². The van der Waals surface area contributed by atoms with Crippen LogP contribution in [0.3, 0.4) is 0 Å². The highest BCUT2D eigenvalue weighted by molar-refractivity contribution is 7.84. The summed E-state index contributed by atoms with van der Waals surface area (Å²) in [4.78, 5) is 0.568. The number of hydrogen-bond acceptors (Lipinski definition) is 2. The van der Waals surface area contributed by atoms with Gasteiger partial charge in [-0.25, -0.2) is 4.39 Å². The van der Waals surface area contributed by atoms with Crippen LogP contribution >= 0.6 is 0 Å². The molecule has 0 amide bonds. The van der Waals surface area contributed by atoms with Crippen molar-refractivity contribution >= 4 is 16.5 Å². The quantitative estimate of drug-likeness (QED) is 0.865. The predicted molar refractivity (Wildman–Crippen MR) is 72.1 cm³/mol. The van der Waals surface area contributed by atoms with Crippen molar-refractivity contribution in [2.24, 2.45) is 0 Å². The maximum atomic E-state index is 13.5. The molecule has 0 aliphatic rings. The van der Waals surface area contributed by atoms with Gasteiger partial charge >= 0.3 is 0 Å². The minimum absolute atomic E-state index is 0.139. The first-order chi connectivity index (χ1) is 8.58. The molecule has 0 bridgehead atoms. The minimum Gasteiger partial charge on any atom is -0.398 e. The molecule has 0 aromatic heterocycles. The number of rotatable bonds is 3. The lowest BCUT2D eigenvalue weighted by Gasteiger charge is -2.07. The SMILES string of the molecule is Cc1ccc(N)c(S(=O)Cc2ccccc2F)c1. The lowest BCUT2D eigenvalue weighted by Crippen LogP contribution is -2.02. The van der Waals surface area contributed by atoms with Crippen molar-refractivity contribution in [1.29, 1.82) is 0 Å². The van der Waals surface area contributed by atoms with E-state index < -0.39 is 10.8 Å². The minimum atomic E-state index is -1.33. The standard InChI is InChI=1S/C14H14FNOS/c1-10-6-7-13(16)14(8-10)18(17)9-11-4-2-3-5-12(11)15/h2-8H,9,16H2,1H3. The molecule has 2 N–H and O–H groups in total. The Morgan fingerprint density at radius 1 is 1.22 bits per heavy atom. The van der Waals surface area contributed by atoms with Crippen LogP contribution in [0.5, 0.6) is 0 Å². The Bertz CT molecular complexity index is 598. The van der Waals surface area contributed by atoms with Crippen molar-refractivity contribution in [1.82, 2.24) is 0 Å². The van der Waals surface area contributed by atoms with E-state index in [2.05, 4.69) is 0 Å². The van der Waals surface area contributed by atoms with Gasteiger partial charge in [0, 0.05) is 11.3 Å². The molecule has 0 fully saturated rings. The maximum Gasteiger partial charge on any atom is 0.127 e. The molecule has 2 aromatic carbocycles. The maximum absolute atomic E-state index is 13.5. The van der Waals surface area contributed by atoms with Crippen molar-refractivity contribution in [2.75, 3.05) is 5.73 Å². The molecule has 1 atom stereocenters. The lowest BCUT2D eigenvalue weighted by atomic mass is 10.2. The Balaban J connectivity index is 2.28. The van der Waals surface area contributed by atoms with E-state index in [9.17, 15) is 8.60 Å². The summed E-state index contributed by atoms with van der Waals surface area (Å²) >= 11 is 0. The average Bonchev–Trinajstić information content (AvgIpc) is 2.35. The molecule has 2 aromatic rings. The summed E-state index contributed by atoms with van der Waals surface area (Å²) in [7, 11) is -1.33. The Labute approximate surface area is 108 Å². The molecule has 0 saturated heterocycles. The lowest BCUT2D eigenvalue weighted by molar-refractivity contribution is 0.615. The molecule has 0 heterocycles. The van der Waals surface area contributed by atoms with Crippen molar-refractivity contribution in [3.8, 4) is 0 Å². The van der Waals surface area contributed by atoms with E-state index in [4.69, 9.17) is 5.73 Å². The van der Waals surface area contributed by atoms with Gasteiger partial charge in [-0.15, -0.1) is 0 Å². The fourth-order valence-corrected chi connectivity index (χ4v) is 2.99. The van der Waals surface area contributed by atoms with Crippen LogP contribution in [0.15, 0.2) is 47.4 Å². The molecule has 2 rings (SSSR count). The van der Waals surface area contributed by atoms with E-state index in [1.165, 1.54) is 6.07 Å². The zero-order valence-electron chi connectivity index (χ0n) is 10.0. The summed E-state index contributed by atoms with van der Waals surface area (Å²) in [5.74, 6) is -0.197. The summed E-state index contributed by atoms with van der Waals surface area (Å²) in [6.07, 6.45) is 0. The average molecular weight is 263 g/mol. The van der Waals surface area contributed by atoms with E-state index in [0.717, 1.165) is 5.56 Å². The van der Waals surface area contributed by atoms with Crippen LogP contribution in [0.2, 0.25) is 0 Å². The van der Waals surface area contributed by atoms with Gasteiger partial charge in [0.05, 0.1) is 21.4 Å². The number of anilines is 1. The van der Waals surface area contributed by atoms with Crippen molar-refractivity contribution in [3.63, 3.8) is 0 Å². The molecular weight excluding hydrogens is 249 g/mol. The molecular formula is C14H14FNOS. The fourth-order valence-electron chi connectivity index (χ4n) is 1.67. The number of aryl methyl sites for hydroxylation is 1. The summed E-state index contributed by atoms with van der Waals surface area (Å²) in [6.45, 7) is 1.91. The molecule has 94 valence electrons. The van der Waals surface area contributed by atoms with E-state index >= 15 is 0 Å². The summed E-state index contributed by atoms with van der Waals surface area (Å²) in [5.41, 5.74) is 7.71. The first-order valence-electron chi connectivity index (χ1n) is 5.56. The molecule has 0 saturated carbocycles. The predicted octanol–water partition coefficient (Wildman–Crippen LogP) is 3.02. The highest BCUT2D eigenvalue weighted by Gasteiger charge is 2.11. The molecule has 0 aliphatic carbocycles. The van der Waals surface area contributed by atoms with Crippen LogP contribution in [0.1, 0.15) is 11.1 Å². The first kappa shape index (κ1) is 12.8. The number of halogens is 1. The third-order valence-electron chi connectivity index (χ3n) is 2.66. The van der Waals surface area contributed by atoms with Gasteiger partial charge < -0.3 is 5.73 Å². The van der Waals surface area contributed by atoms with Crippen LogP contribution in [0.4, 0.5) is 10.1 Å². The van der Waals surface area contributed by atoms with Gasteiger partial charge in [0.25, 0.3) is 0 Å². The zero-order valence-corrected chi connectivity index (χ0v) is 10.8. The highest BCUT2D eigenvalue weighted by Crippen LogP contribution is 2.21. The van der Waals surface area contributed by atoms with Crippen molar-refractivity contribution in [2.45, 2.75) is 17.6 Å². The second kappa shape index (κ2) is 5.31. The number of benzene rings is 2. The number of hydrogen-bond donors (Lipinski definition) is 1. The molecule has 4 heteroatoms. The second-order valence-corrected chi connectivity index (χ2v) is 5.54. The Morgan fingerprint density at radius 2 is 1.94 bits per heavy atom. The molecule has 0 spiro atoms. The number of nitrogens with two attached hydrogens (primary N) is 1. The molecule has 1 unspecified atom stereocenters. The highest BCUT2D eigenvalue weighted by atomic mass is 32.2. The topological polar surface area (TPSA) is 43.1 Å². The van der Waals surface area contributed by atoms with Gasteiger partial charge in [0.2, 0.25) is 0 Å². The Morgan fingerprint density at radius 3 is 2.67 bits per heavy atom.